The molecule has 3 rings (SSSR count). The number of carbonyl (C=O) groups is 1. The van der Waals surface area contributed by atoms with Crippen molar-refractivity contribution < 1.29 is 14.6 Å². The van der Waals surface area contributed by atoms with Crippen molar-refractivity contribution >= 4 is 23.2 Å². The van der Waals surface area contributed by atoms with Crippen LogP contribution >= 0.6 is 0 Å². The lowest BCUT2D eigenvalue weighted by Gasteiger charge is -2.26. The molecule has 1 saturated heterocycles. The van der Waals surface area contributed by atoms with E-state index in [9.17, 15) is 0 Å². The van der Waals surface area contributed by atoms with E-state index in [0.29, 0.717) is 6.04 Å². The van der Waals surface area contributed by atoms with E-state index in [2.05, 4.69) is 42.1 Å². The first-order chi connectivity index (χ1) is 11.6. The highest BCUT2D eigenvalue weighted by atomic mass is 16.5. The smallest absolute Gasteiger partial charge is 0.290 e. The number of fused-ring (bicyclic) bond motifs is 1. The molecule has 1 aromatic heterocycles. The molecule has 1 atom stereocenters. The lowest BCUT2D eigenvalue weighted by Crippen LogP contribution is -2.36. The molecule has 0 spiro atoms. The number of anilines is 1. The zero-order valence-corrected chi connectivity index (χ0v) is 14.5. The van der Waals surface area contributed by atoms with E-state index in [1.54, 1.807) is 7.11 Å². The van der Waals surface area contributed by atoms with Crippen LogP contribution in [0.4, 0.5) is 5.82 Å². The third-order valence-electron chi connectivity index (χ3n) is 4.44. The van der Waals surface area contributed by atoms with E-state index in [1.165, 1.54) is 19.4 Å². The molecule has 130 valence electrons. The molecule has 1 N–H and O–H groups in total. The van der Waals surface area contributed by atoms with Gasteiger partial charge in [-0.3, -0.25) is 4.79 Å². The van der Waals surface area contributed by atoms with Crippen LogP contribution in [-0.2, 0) is 4.79 Å². The van der Waals surface area contributed by atoms with Crippen LogP contribution in [-0.4, -0.2) is 61.8 Å². The van der Waals surface area contributed by atoms with E-state index in [0.717, 1.165) is 29.0 Å². The van der Waals surface area contributed by atoms with Crippen molar-refractivity contribution in [2.45, 2.75) is 18.9 Å². The summed E-state index contributed by atoms with van der Waals surface area (Å²) in [6.45, 7) is 1.97. The van der Waals surface area contributed by atoms with E-state index < -0.39 is 0 Å². The van der Waals surface area contributed by atoms with Gasteiger partial charge in [0.05, 0.1) is 7.11 Å². The fourth-order valence-corrected chi connectivity index (χ4v) is 3.11. The largest absolute Gasteiger partial charge is 0.494 e. The minimum atomic E-state index is -0.250. The summed E-state index contributed by atoms with van der Waals surface area (Å²) in [5.41, 5.74) is 0.934. The van der Waals surface area contributed by atoms with Gasteiger partial charge in [0.1, 0.15) is 17.1 Å². The van der Waals surface area contributed by atoms with Gasteiger partial charge in [-0.2, -0.15) is 0 Å². The molecule has 0 radical (unpaired) electrons. The van der Waals surface area contributed by atoms with Crippen molar-refractivity contribution in [1.29, 1.82) is 0 Å². The van der Waals surface area contributed by atoms with Gasteiger partial charge in [0.15, 0.2) is 0 Å². The van der Waals surface area contributed by atoms with E-state index in [4.69, 9.17) is 19.6 Å². The van der Waals surface area contributed by atoms with E-state index in [-0.39, 0.29) is 6.47 Å². The maximum absolute atomic E-state index is 8.36. The molecular formula is C18H25N3O3. The first kappa shape index (κ1) is 18.0. The van der Waals surface area contributed by atoms with Gasteiger partial charge in [-0.05, 0) is 44.6 Å². The molecule has 6 heteroatoms. The lowest BCUT2D eigenvalue weighted by atomic mass is 10.2. The number of hydrogen-bond acceptors (Lipinski definition) is 5. The van der Waals surface area contributed by atoms with Crippen LogP contribution < -0.4 is 9.64 Å². The molecule has 0 amide bonds. The lowest BCUT2D eigenvalue weighted by molar-refractivity contribution is -0.122. The van der Waals surface area contributed by atoms with Crippen molar-refractivity contribution in [1.82, 2.24) is 9.88 Å². The number of nitrogens with zero attached hydrogens (tertiary/aromatic N) is 3. The molecule has 1 aliphatic rings. The summed E-state index contributed by atoms with van der Waals surface area (Å²) in [6, 6.07) is 10.9. The highest BCUT2D eigenvalue weighted by Crippen LogP contribution is 2.26. The second-order valence-corrected chi connectivity index (χ2v) is 5.96. The molecule has 24 heavy (non-hydrogen) atoms. The van der Waals surface area contributed by atoms with Crippen molar-refractivity contribution in [3.05, 3.63) is 30.3 Å². The Kier molecular flexibility index (Phi) is 6.37. The number of methoxy groups -OCH3 is 1. The predicted molar refractivity (Wildman–Crippen MR) is 95.9 cm³/mol. The third kappa shape index (κ3) is 4.14. The number of rotatable bonds is 4. The number of aromatic nitrogens is 1. The Hall–Kier alpha value is -2.34. The predicted octanol–water partition coefficient (Wildman–Crippen LogP) is 2.47. The minimum Gasteiger partial charge on any atom is -0.494 e. The summed E-state index contributed by atoms with van der Waals surface area (Å²) in [5, 5.41) is 8.00. The quantitative estimate of drug-likeness (QED) is 0.868. The van der Waals surface area contributed by atoms with Gasteiger partial charge in [0.2, 0.25) is 0 Å². The highest BCUT2D eigenvalue weighted by molar-refractivity contribution is 5.85. The second-order valence-electron chi connectivity index (χ2n) is 5.96. The number of benzene rings is 1. The molecule has 2 heterocycles. The van der Waals surface area contributed by atoms with Gasteiger partial charge in [-0.1, -0.05) is 12.1 Å². The Morgan fingerprint density at radius 1 is 1.42 bits per heavy atom. The fourth-order valence-electron chi connectivity index (χ4n) is 3.11. The molecule has 0 aliphatic carbocycles. The monoisotopic (exact) mass is 331 g/mol. The summed E-state index contributed by atoms with van der Waals surface area (Å²) in [5.74, 6) is 1.84. The fraction of sp³-hybridized carbons (Fsp3) is 0.444. The Labute approximate surface area is 142 Å². The van der Waals surface area contributed by atoms with Crippen LogP contribution in [0.1, 0.15) is 12.8 Å². The van der Waals surface area contributed by atoms with Crippen LogP contribution in [0.5, 0.6) is 5.75 Å². The number of hydrogen-bond donors (Lipinski definition) is 1. The Morgan fingerprint density at radius 2 is 2.17 bits per heavy atom. The highest BCUT2D eigenvalue weighted by Gasteiger charge is 2.22. The molecule has 1 aromatic carbocycles. The second kappa shape index (κ2) is 8.49. The SMILES string of the molecule is COc1cccc2ccc(N(C)CC3CCCN3C)nc12.O=CO. The van der Waals surface area contributed by atoms with Gasteiger partial charge in [0.25, 0.3) is 6.47 Å². The van der Waals surface area contributed by atoms with Crippen molar-refractivity contribution in [2.24, 2.45) is 0 Å². The Morgan fingerprint density at radius 3 is 2.79 bits per heavy atom. The summed E-state index contributed by atoms with van der Waals surface area (Å²) in [4.78, 5) is 17.8. The minimum absolute atomic E-state index is 0.250. The molecule has 2 aromatic rings. The van der Waals surface area contributed by atoms with E-state index in [1.807, 2.05) is 12.1 Å². The van der Waals surface area contributed by atoms with Crippen molar-refractivity contribution in [3.8, 4) is 5.75 Å². The van der Waals surface area contributed by atoms with Gasteiger partial charge < -0.3 is 19.6 Å². The zero-order chi connectivity index (χ0) is 17.5. The van der Waals surface area contributed by atoms with Crippen LogP contribution in [0.25, 0.3) is 10.9 Å². The standard InChI is InChI=1S/C17H23N3O.CH2O2/c1-19-11-5-7-14(19)12-20(2)16-10-9-13-6-4-8-15(21-3)17(13)18-16;2-1-3/h4,6,8-10,14H,5,7,11-12H2,1-3H3;1H,(H,2,3). The zero-order valence-electron chi connectivity index (χ0n) is 14.5. The third-order valence-corrected chi connectivity index (χ3v) is 4.44. The van der Waals surface area contributed by atoms with Gasteiger partial charge >= 0.3 is 0 Å². The molecule has 1 aliphatic heterocycles. The average molecular weight is 331 g/mol. The summed E-state index contributed by atoms with van der Waals surface area (Å²) in [7, 11) is 6.03. The maximum Gasteiger partial charge on any atom is 0.290 e. The normalized spacial score (nSPS) is 17.2. The topological polar surface area (TPSA) is 65.9 Å². The van der Waals surface area contributed by atoms with Gasteiger partial charge in [-0.25, -0.2) is 4.98 Å². The molecular weight excluding hydrogens is 306 g/mol. The summed E-state index contributed by atoms with van der Waals surface area (Å²) >= 11 is 0. The van der Waals surface area contributed by atoms with Crippen molar-refractivity contribution in [2.75, 3.05) is 39.2 Å². The summed E-state index contributed by atoms with van der Waals surface area (Å²) in [6.07, 6.45) is 2.58. The maximum atomic E-state index is 8.36. The number of pyridine rings is 1. The van der Waals surface area contributed by atoms with Gasteiger partial charge in [0, 0.05) is 25.0 Å². The Balaban J connectivity index is 0.000000647. The first-order valence-corrected chi connectivity index (χ1v) is 8.03. The number of likely N-dealkylation sites (tertiary alicyclic amines) is 1. The molecule has 0 saturated carbocycles. The first-order valence-electron chi connectivity index (χ1n) is 8.03. The molecule has 0 bridgehead atoms. The number of carboxylic acid groups (broad SMARTS) is 1. The van der Waals surface area contributed by atoms with Crippen LogP contribution in [0, 0.1) is 0 Å². The van der Waals surface area contributed by atoms with Gasteiger partial charge in [-0.15, -0.1) is 0 Å². The van der Waals surface area contributed by atoms with E-state index >= 15 is 0 Å². The summed E-state index contributed by atoms with van der Waals surface area (Å²) < 4.78 is 5.42. The van der Waals surface area contributed by atoms with Crippen LogP contribution in [0.2, 0.25) is 0 Å². The number of likely N-dealkylation sites (N-methyl/N-ethyl adjacent to an activating group) is 2. The van der Waals surface area contributed by atoms with Crippen molar-refractivity contribution in [3.63, 3.8) is 0 Å². The number of para-hydroxylation sites is 1. The van der Waals surface area contributed by atoms with Crippen LogP contribution in [0.15, 0.2) is 30.3 Å². The molecule has 1 unspecified atom stereocenters. The number of ether oxygens (including phenoxy) is 1. The molecule has 1 fully saturated rings. The van der Waals surface area contributed by atoms with Crippen LogP contribution in [0.3, 0.4) is 0 Å². The average Bonchev–Trinajstić information content (AvgIpc) is 2.99. The Bertz CT molecular complexity index is 678. The molecule has 6 nitrogen and oxygen atoms in total.